The summed E-state index contributed by atoms with van der Waals surface area (Å²) in [7, 11) is 0. The lowest BCUT2D eigenvalue weighted by atomic mass is 10.3. The standard InChI is InChI=1S/C15H11ClFN3/c16-13-10-11(6-7-14(13)17)19-15-18-8-9-20(15)12-4-2-1-3-5-12/h1-10H,(H,18,19). The van der Waals surface area contributed by atoms with E-state index in [1.165, 1.54) is 12.1 Å². The van der Waals surface area contributed by atoms with Crippen LogP contribution in [0.15, 0.2) is 60.9 Å². The zero-order chi connectivity index (χ0) is 13.9. The van der Waals surface area contributed by atoms with E-state index in [0.717, 1.165) is 5.69 Å². The van der Waals surface area contributed by atoms with Crippen LogP contribution in [0.1, 0.15) is 0 Å². The van der Waals surface area contributed by atoms with Crippen LogP contribution in [-0.4, -0.2) is 9.55 Å². The zero-order valence-electron chi connectivity index (χ0n) is 10.4. The first-order valence-corrected chi connectivity index (χ1v) is 6.43. The van der Waals surface area contributed by atoms with Gasteiger partial charge in [-0.2, -0.15) is 0 Å². The number of imidazole rings is 1. The fraction of sp³-hybridized carbons (Fsp3) is 0. The number of nitrogens with zero attached hydrogens (tertiary/aromatic N) is 2. The van der Waals surface area contributed by atoms with E-state index in [1.54, 1.807) is 12.3 Å². The van der Waals surface area contributed by atoms with Crippen molar-refractivity contribution >= 4 is 23.2 Å². The summed E-state index contributed by atoms with van der Waals surface area (Å²) < 4.78 is 15.0. The number of hydrogen-bond donors (Lipinski definition) is 1. The molecular formula is C15H11ClFN3. The average Bonchev–Trinajstić information content (AvgIpc) is 2.92. The molecule has 0 radical (unpaired) electrons. The molecule has 1 aromatic heterocycles. The molecule has 0 spiro atoms. The van der Waals surface area contributed by atoms with Gasteiger partial charge in [0.1, 0.15) is 5.82 Å². The van der Waals surface area contributed by atoms with Crippen LogP contribution in [0.4, 0.5) is 16.0 Å². The summed E-state index contributed by atoms with van der Waals surface area (Å²) in [4.78, 5) is 4.25. The Bertz CT molecular complexity index is 725. The first-order chi connectivity index (χ1) is 9.74. The topological polar surface area (TPSA) is 29.9 Å². The van der Waals surface area contributed by atoms with E-state index in [4.69, 9.17) is 11.6 Å². The van der Waals surface area contributed by atoms with Gasteiger partial charge in [-0.3, -0.25) is 4.57 Å². The predicted molar refractivity (Wildman–Crippen MR) is 78.3 cm³/mol. The molecule has 0 amide bonds. The van der Waals surface area contributed by atoms with Crippen molar-refractivity contribution in [3.8, 4) is 5.69 Å². The lowest BCUT2D eigenvalue weighted by Gasteiger charge is -2.10. The van der Waals surface area contributed by atoms with Gasteiger partial charge in [-0.25, -0.2) is 9.37 Å². The van der Waals surface area contributed by atoms with Crippen molar-refractivity contribution in [1.29, 1.82) is 0 Å². The fourth-order valence-electron chi connectivity index (χ4n) is 1.90. The Morgan fingerprint density at radius 2 is 1.90 bits per heavy atom. The van der Waals surface area contributed by atoms with Crippen LogP contribution in [0, 0.1) is 5.82 Å². The maximum Gasteiger partial charge on any atom is 0.212 e. The summed E-state index contributed by atoms with van der Waals surface area (Å²) in [5.74, 6) is 0.197. The number of benzene rings is 2. The van der Waals surface area contributed by atoms with Gasteiger partial charge >= 0.3 is 0 Å². The molecule has 0 saturated carbocycles. The van der Waals surface area contributed by atoms with Crippen molar-refractivity contribution in [2.45, 2.75) is 0 Å². The van der Waals surface area contributed by atoms with Gasteiger partial charge in [0.25, 0.3) is 0 Å². The molecule has 3 rings (SSSR count). The molecule has 0 unspecified atom stereocenters. The third-order valence-electron chi connectivity index (χ3n) is 2.85. The van der Waals surface area contributed by atoms with Crippen LogP contribution in [0.25, 0.3) is 5.69 Å². The third-order valence-corrected chi connectivity index (χ3v) is 3.14. The van der Waals surface area contributed by atoms with Gasteiger partial charge in [-0.1, -0.05) is 29.8 Å². The molecule has 0 aliphatic rings. The van der Waals surface area contributed by atoms with E-state index in [2.05, 4.69) is 10.3 Å². The van der Waals surface area contributed by atoms with E-state index in [9.17, 15) is 4.39 Å². The molecule has 2 aromatic carbocycles. The van der Waals surface area contributed by atoms with Gasteiger partial charge in [0.2, 0.25) is 5.95 Å². The average molecular weight is 288 g/mol. The highest BCUT2D eigenvalue weighted by Crippen LogP contribution is 2.23. The van der Waals surface area contributed by atoms with Crippen molar-refractivity contribution in [2.24, 2.45) is 0 Å². The normalized spacial score (nSPS) is 10.5. The molecule has 3 aromatic rings. The molecule has 0 saturated heterocycles. The van der Waals surface area contributed by atoms with E-state index in [-0.39, 0.29) is 5.02 Å². The van der Waals surface area contributed by atoms with Crippen LogP contribution >= 0.6 is 11.6 Å². The Morgan fingerprint density at radius 3 is 2.65 bits per heavy atom. The minimum absolute atomic E-state index is 0.0767. The smallest absolute Gasteiger partial charge is 0.212 e. The van der Waals surface area contributed by atoms with E-state index in [1.807, 2.05) is 41.1 Å². The van der Waals surface area contributed by atoms with Crippen molar-refractivity contribution in [1.82, 2.24) is 9.55 Å². The van der Waals surface area contributed by atoms with Gasteiger partial charge in [0, 0.05) is 23.8 Å². The van der Waals surface area contributed by atoms with Gasteiger partial charge in [0.15, 0.2) is 0 Å². The van der Waals surface area contributed by atoms with E-state index in [0.29, 0.717) is 11.6 Å². The number of anilines is 2. The van der Waals surface area contributed by atoms with Crippen molar-refractivity contribution in [3.63, 3.8) is 0 Å². The minimum Gasteiger partial charge on any atom is -0.325 e. The van der Waals surface area contributed by atoms with Crippen LogP contribution in [-0.2, 0) is 0 Å². The number of hydrogen-bond acceptors (Lipinski definition) is 2. The molecule has 1 N–H and O–H groups in total. The number of halogens is 2. The summed E-state index contributed by atoms with van der Waals surface area (Å²) in [5.41, 5.74) is 1.67. The van der Waals surface area contributed by atoms with Gasteiger partial charge < -0.3 is 5.32 Å². The van der Waals surface area contributed by atoms with Gasteiger partial charge in [-0.15, -0.1) is 0 Å². The molecule has 0 aliphatic carbocycles. The lowest BCUT2D eigenvalue weighted by Crippen LogP contribution is -2.01. The molecule has 0 atom stereocenters. The minimum atomic E-state index is -0.441. The largest absolute Gasteiger partial charge is 0.325 e. The monoisotopic (exact) mass is 287 g/mol. The van der Waals surface area contributed by atoms with Crippen molar-refractivity contribution in [3.05, 3.63) is 71.8 Å². The lowest BCUT2D eigenvalue weighted by molar-refractivity contribution is 0.628. The first-order valence-electron chi connectivity index (χ1n) is 6.05. The molecule has 1 heterocycles. The van der Waals surface area contributed by atoms with E-state index >= 15 is 0 Å². The highest BCUT2D eigenvalue weighted by Gasteiger charge is 2.06. The van der Waals surface area contributed by atoms with Crippen molar-refractivity contribution < 1.29 is 4.39 Å². The van der Waals surface area contributed by atoms with Crippen LogP contribution in [0.2, 0.25) is 5.02 Å². The number of para-hydroxylation sites is 1. The molecule has 20 heavy (non-hydrogen) atoms. The highest BCUT2D eigenvalue weighted by molar-refractivity contribution is 6.31. The number of aromatic nitrogens is 2. The zero-order valence-corrected chi connectivity index (χ0v) is 11.2. The Hall–Kier alpha value is -2.33. The maximum atomic E-state index is 13.1. The summed E-state index contributed by atoms with van der Waals surface area (Å²) in [6, 6.07) is 14.3. The summed E-state index contributed by atoms with van der Waals surface area (Å²) in [6.07, 6.45) is 3.54. The second-order valence-electron chi connectivity index (χ2n) is 4.21. The highest BCUT2D eigenvalue weighted by atomic mass is 35.5. The Kier molecular flexibility index (Phi) is 3.39. The molecule has 0 aliphatic heterocycles. The third kappa shape index (κ3) is 2.51. The van der Waals surface area contributed by atoms with E-state index < -0.39 is 5.82 Å². The molecule has 100 valence electrons. The predicted octanol–water partition coefficient (Wildman–Crippen LogP) is 4.41. The summed E-state index contributed by atoms with van der Waals surface area (Å²) in [5, 5.41) is 3.20. The molecule has 3 nitrogen and oxygen atoms in total. The van der Waals surface area contributed by atoms with Crippen LogP contribution < -0.4 is 5.32 Å². The maximum absolute atomic E-state index is 13.1. The number of rotatable bonds is 3. The number of nitrogens with one attached hydrogen (secondary N) is 1. The first kappa shape index (κ1) is 12.7. The SMILES string of the molecule is Fc1ccc(Nc2nccn2-c2ccccc2)cc1Cl. The van der Waals surface area contributed by atoms with Gasteiger partial charge in [-0.05, 0) is 30.3 Å². The summed E-state index contributed by atoms with van der Waals surface area (Å²) >= 11 is 5.77. The van der Waals surface area contributed by atoms with Crippen LogP contribution in [0.3, 0.4) is 0 Å². The quantitative estimate of drug-likeness (QED) is 0.773. The molecule has 0 bridgehead atoms. The Labute approximate surface area is 120 Å². The molecule has 0 fully saturated rings. The second kappa shape index (κ2) is 5.35. The van der Waals surface area contributed by atoms with Crippen LogP contribution in [0.5, 0.6) is 0 Å². The van der Waals surface area contributed by atoms with Crippen molar-refractivity contribution in [2.75, 3.05) is 5.32 Å². The molecular weight excluding hydrogens is 277 g/mol. The molecule has 5 heteroatoms. The summed E-state index contributed by atoms with van der Waals surface area (Å²) in [6.45, 7) is 0. The Morgan fingerprint density at radius 1 is 1.10 bits per heavy atom. The Balaban J connectivity index is 1.92. The second-order valence-corrected chi connectivity index (χ2v) is 4.62. The van der Waals surface area contributed by atoms with Gasteiger partial charge in [0.05, 0.1) is 5.02 Å². The fourth-order valence-corrected chi connectivity index (χ4v) is 2.08.